The third-order valence-electron chi connectivity index (χ3n) is 3.39. The van der Waals surface area contributed by atoms with Crippen LogP contribution in [-0.4, -0.2) is 23.9 Å². The van der Waals surface area contributed by atoms with E-state index in [1.807, 2.05) is 0 Å². The van der Waals surface area contributed by atoms with E-state index >= 15 is 0 Å². The zero-order chi connectivity index (χ0) is 16.5. The number of nitrogens with two attached hydrogens (primary N) is 1. The minimum atomic E-state index is -0.488. The quantitative estimate of drug-likeness (QED) is 0.588. The lowest BCUT2D eigenvalue weighted by molar-refractivity contribution is -0.135. The molecule has 2 amide bonds. The van der Waals surface area contributed by atoms with Gasteiger partial charge in [0.15, 0.2) is 0 Å². The number of nitrogens with zero attached hydrogens (tertiary/aromatic N) is 3. The van der Waals surface area contributed by atoms with Crippen LogP contribution < -0.4 is 5.73 Å². The van der Waals surface area contributed by atoms with Gasteiger partial charge in [-0.3, -0.25) is 9.59 Å². The highest BCUT2D eigenvalue weighted by Gasteiger charge is 2.20. The molecule has 0 bridgehead atoms. The maximum atomic E-state index is 12.3. The second-order valence-electron chi connectivity index (χ2n) is 5.24. The van der Waals surface area contributed by atoms with Crippen LogP contribution in [0.25, 0.3) is 0 Å². The Morgan fingerprint density at radius 1 is 1.14 bits per heavy atom. The summed E-state index contributed by atoms with van der Waals surface area (Å²) in [6.45, 7) is 4.13. The molecule has 120 valence electrons. The fourth-order valence-corrected chi connectivity index (χ4v) is 2.21. The number of benzene rings is 1. The van der Waals surface area contributed by atoms with Crippen molar-refractivity contribution >= 4 is 17.5 Å². The van der Waals surface area contributed by atoms with Crippen LogP contribution in [0, 0.1) is 5.92 Å². The Morgan fingerprint density at radius 3 is 2.14 bits per heavy atom. The van der Waals surface area contributed by atoms with E-state index in [0.717, 1.165) is 25.7 Å². The third kappa shape index (κ3) is 5.27. The summed E-state index contributed by atoms with van der Waals surface area (Å²) in [5.41, 5.74) is 6.14. The van der Waals surface area contributed by atoms with Crippen molar-refractivity contribution < 1.29 is 9.59 Å². The van der Waals surface area contributed by atoms with E-state index in [1.165, 1.54) is 5.01 Å². The van der Waals surface area contributed by atoms with Crippen LogP contribution in [-0.2, 0) is 4.79 Å². The van der Waals surface area contributed by atoms with Crippen LogP contribution in [0.3, 0.4) is 0 Å². The van der Waals surface area contributed by atoms with Crippen LogP contribution in [0.4, 0.5) is 5.69 Å². The molecule has 0 spiro atoms. The number of carbonyl (C=O) groups is 2. The number of primary amides is 1. The average molecular weight is 304 g/mol. The predicted molar refractivity (Wildman–Crippen MR) is 85.6 cm³/mol. The second kappa shape index (κ2) is 8.92. The number of hydrogen-bond donors (Lipinski definition) is 1. The van der Waals surface area contributed by atoms with Crippen LogP contribution in [0.15, 0.2) is 34.6 Å². The van der Waals surface area contributed by atoms with Gasteiger partial charge in [0.1, 0.15) is 0 Å². The van der Waals surface area contributed by atoms with Crippen LogP contribution >= 0.6 is 0 Å². The predicted octanol–water partition coefficient (Wildman–Crippen LogP) is 3.46. The molecular weight excluding hydrogens is 280 g/mol. The highest BCUT2D eigenvalue weighted by Crippen LogP contribution is 2.18. The Labute approximate surface area is 131 Å². The summed E-state index contributed by atoms with van der Waals surface area (Å²) >= 11 is 0. The van der Waals surface area contributed by atoms with Crippen molar-refractivity contribution in [3.8, 4) is 0 Å². The first-order valence-corrected chi connectivity index (χ1v) is 7.58. The first-order chi connectivity index (χ1) is 10.5. The van der Waals surface area contributed by atoms with Gasteiger partial charge in [-0.2, -0.15) is 0 Å². The molecule has 0 aliphatic rings. The van der Waals surface area contributed by atoms with Gasteiger partial charge in [0.05, 0.1) is 5.69 Å². The molecule has 0 aliphatic heterocycles. The molecule has 0 aromatic heterocycles. The van der Waals surface area contributed by atoms with E-state index in [2.05, 4.69) is 24.2 Å². The zero-order valence-electron chi connectivity index (χ0n) is 13.5. The van der Waals surface area contributed by atoms with Gasteiger partial charge in [0, 0.05) is 18.5 Å². The topological polar surface area (TPSA) is 88.1 Å². The van der Waals surface area contributed by atoms with Crippen molar-refractivity contribution in [2.24, 2.45) is 22.0 Å². The molecule has 6 heteroatoms. The first-order valence-electron chi connectivity index (χ1n) is 7.58. The molecule has 6 nitrogen and oxygen atoms in total. The van der Waals surface area contributed by atoms with Gasteiger partial charge < -0.3 is 5.73 Å². The van der Waals surface area contributed by atoms with Crippen molar-refractivity contribution in [1.82, 2.24) is 5.01 Å². The van der Waals surface area contributed by atoms with Crippen LogP contribution in [0.1, 0.15) is 49.9 Å². The number of amides is 2. The molecule has 1 aromatic carbocycles. The van der Waals surface area contributed by atoms with Gasteiger partial charge in [0.2, 0.25) is 11.8 Å². The van der Waals surface area contributed by atoms with E-state index < -0.39 is 5.91 Å². The summed E-state index contributed by atoms with van der Waals surface area (Å²) in [5.74, 6) is -0.504. The Balaban J connectivity index is 2.70. The maximum absolute atomic E-state index is 12.3. The van der Waals surface area contributed by atoms with Gasteiger partial charge in [-0.15, -0.1) is 5.11 Å². The Kier molecular flexibility index (Phi) is 7.22. The van der Waals surface area contributed by atoms with Crippen molar-refractivity contribution in [1.29, 1.82) is 0 Å². The molecule has 0 fully saturated rings. The standard InChI is InChI=1S/C16H24N4O2/c1-4-6-13(7-5-2)16(22)20(3)19-18-14-10-8-12(9-11-14)15(17)21/h8-11,13H,4-7H2,1-3H3,(H2,17,21). The van der Waals surface area contributed by atoms with Crippen molar-refractivity contribution in [3.05, 3.63) is 29.8 Å². The molecule has 0 heterocycles. The third-order valence-corrected chi connectivity index (χ3v) is 3.39. The zero-order valence-corrected chi connectivity index (χ0v) is 13.5. The molecule has 0 unspecified atom stereocenters. The smallest absolute Gasteiger partial charge is 0.248 e. The molecular formula is C16H24N4O2. The summed E-state index contributed by atoms with van der Waals surface area (Å²) in [6.07, 6.45) is 3.66. The minimum absolute atomic E-state index is 0.00353. The maximum Gasteiger partial charge on any atom is 0.248 e. The van der Waals surface area contributed by atoms with Crippen LogP contribution in [0.2, 0.25) is 0 Å². The summed E-state index contributed by atoms with van der Waals surface area (Å²) in [6, 6.07) is 6.43. The monoisotopic (exact) mass is 304 g/mol. The molecule has 0 aliphatic carbocycles. The number of carbonyl (C=O) groups excluding carboxylic acids is 2. The molecule has 0 radical (unpaired) electrons. The summed E-state index contributed by atoms with van der Waals surface area (Å²) in [7, 11) is 1.61. The fraction of sp³-hybridized carbons (Fsp3) is 0.500. The van der Waals surface area contributed by atoms with Gasteiger partial charge in [0.25, 0.3) is 0 Å². The lowest BCUT2D eigenvalue weighted by atomic mass is 9.97. The van der Waals surface area contributed by atoms with Crippen molar-refractivity contribution in [3.63, 3.8) is 0 Å². The molecule has 1 aromatic rings. The second-order valence-corrected chi connectivity index (χ2v) is 5.24. The molecule has 0 saturated heterocycles. The van der Waals surface area contributed by atoms with E-state index in [9.17, 15) is 9.59 Å². The Bertz CT molecular complexity index is 519. The molecule has 2 N–H and O–H groups in total. The summed E-state index contributed by atoms with van der Waals surface area (Å²) in [5, 5.41) is 9.24. The molecule has 0 atom stereocenters. The van der Waals surface area contributed by atoms with Gasteiger partial charge in [-0.1, -0.05) is 31.9 Å². The Hall–Kier alpha value is -2.24. The van der Waals surface area contributed by atoms with E-state index in [4.69, 9.17) is 5.73 Å². The molecule has 0 saturated carbocycles. The van der Waals surface area contributed by atoms with Gasteiger partial charge in [-0.05, 0) is 37.1 Å². The fourth-order valence-electron chi connectivity index (χ4n) is 2.21. The van der Waals surface area contributed by atoms with E-state index in [0.29, 0.717) is 11.3 Å². The highest BCUT2D eigenvalue weighted by molar-refractivity contribution is 5.92. The highest BCUT2D eigenvalue weighted by atomic mass is 16.2. The lowest BCUT2D eigenvalue weighted by Gasteiger charge is -2.18. The van der Waals surface area contributed by atoms with E-state index in [-0.39, 0.29) is 11.8 Å². The largest absolute Gasteiger partial charge is 0.366 e. The summed E-state index contributed by atoms with van der Waals surface area (Å²) in [4.78, 5) is 23.3. The van der Waals surface area contributed by atoms with Crippen molar-refractivity contribution in [2.75, 3.05) is 7.05 Å². The lowest BCUT2D eigenvalue weighted by Crippen LogP contribution is -2.28. The molecule has 22 heavy (non-hydrogen) atoms. The summed E-state index contributed by atoms with van der Waals surface area (Å²) < 4.78 is 0. The van der Waals surface area contributed by atoms with Gasteiger partial charge in [-0.25, -0.2) is 5.01 Å². The first kappa shape index (κ1) is 17.8. The molecule has 1 rings (SSSR count). The van der Waals surface area contributed by atoms with E-state index in [1.54, 1.807) is 31.3 Å². The number of rotatable bonds is 8. The Morgan fingerprint density at radius 2 is 1.68 bits per heavy atom. The van der Waals surface area contributed by atoms with Gasteiger partial charge >= 0.3 is 0 Å². The average Bonchev–Trinajstić information content (AvgIpc) is 2.52. The number of hydrogen-bond acceptors (Lipinski definition) is 4. The minimum Gasteiger partial charge on any atom is -0.366 e. The SMILES string of the molecule is CCCC(CCC)C(=O)N(C)N=Nc1ccc(C(N)=O)cc1. The normalized spacial score (nSPS) is 11.1. The van der Waals surface area contributed by atoms with Crippen LogP contribution in [0.5, 0.6) is 0 Å². The van der Waals surface area contributed by atoms with Crippen molar-refractivity contribution in [2.45, 2.75) is 39.5 Å².